The molecule has 0 atom stereocenters. The molecule has 0 aliphatic carbocycles. The molecule has 1 N–H and O–H groups in total. The summed E-state index contributed by atoms with van der Waals surface area (Å²) < 4.78 is 5.58. The van der Waals surface area contributed by atoms with Crippen LogP contribution in [0.5, 0.6) is 0 Å². The Kier molecular flexibility index (Phi) is 9.80. The normalized spacial score (nSPS) is 18.3. The molecule has 0 bridgehead atoms. The van der Waals surface area contributed by atoms with Crippen molar-refractivity contribution in [2.75, 3.05) is 39.9 Å². The predicted molar refractivity (Wildman–Crippen MR) is 97.0 cm³/mol. The minimum Gasteiger partial charge on any atom is -0.381 e. The molecule has 1 saturated heterocycles. The van der Waals surface area contributed by atoms with Gasteiger partial charge < -0.3 is 15.0 Å². The van der Waals surface area contributed by atoms with Crippen molar-refractivity contribution in [1.82, 2.24) is 10.2 Å². The smallest absolute Gasteiger partial charge is 0.193 e. The number of rotatable bonds is 6. The first-order valence-corrected chi connectivity index (χ1v) is 7.48. The van der Waals surface area contributed by atoms with Gasteiger partial charge in [-0.1, -0.05) is 27.7 Å². The molecular weight excluding hydrogens is 365 g/mol. The number of hydrogen-bond acceptors (Lipinski definition) is 2. The predicted octanol–water partition coefficient (Wildman–Crippen LogP) is 2.97. The van der Waals surface area contributed by atoms with Crippen LogP contribution in [0.4, 0.5) is 0 Å². The summed E-state index contributed by atoms with van der Waals surface area (Å²) in [6.45, 7) is 13.8. The van der Waals surface area contributed by atoms with Gasteiger partial charge in [-0.15, -0.1) is 24.0 Å². The molecule has 1 aliphatic heterocycles. The summed E-state index contributed by atoms with van der Waals surface area (Å²) in [7, 11) is 1.86. The van der Waals surface area contributed by atoms with Gasteiger partial charge in [0.1, 0.15) is 0 Å². The summed E-state index contributed by atoms with van der Waals surface area (Å²) in [5.74, 6) is 1.65. The Morgan fingerprint density at radius 2 is 2.10 bits per heavy atom. The van der Waals surface area contributed by atoms with Crippen LogP contribution in [0.1, 0.15) is 40.5 Å². The molecule has 0 saturated carbocycles. The van der Waals surface area contributed by atoms with Crippen LogP contribution in [0.15, 0.2) is 4.99 Å². The van der Waals surface area contributed by atoms with E-state index in [1.807, 2.05) is 7.05 Å². The molecule has 20 heavy (non-hydrogen) atoms. The number of aliphatic imine (C=N–C) groups is 1. The first kappa shape index (κ1) is 20.0. The van der Waals surface area contributed by atoms with E-state index in [0.29, 0.717) is 11.3 Å². The third-order valence-electron chi connectivity index (χ3n) is 3.39. The quantitative estimate of drug-likeness (QED) is 0.324. The number of ether oxygens (including phenoxy) is 1. The topological polar surface area (TPSA) is 36.9 Å². The van der Waals surface area contributed by atoms with Gasteiger partial charge in [0.2, 0.25) is 0 Å². The maximum absolute atomic E-state index is 5.58. The summed E-state index contributed by atoms with van der Waals surface area (Å²) >= 11 is 0. The number of likely N-dealkylation sites (tertiary alicyclic amines) is 1. The fraction of sp³-hybridized carbons (Fsp3) is 0.933. The molecule has 0 unspecified atom stereocenters. The standard InChI is InChI=1S/C15H31N3O.HI/c1-13(2)11-19-10-6-8-17-14(16-5)18-9-7-15(3,4)12-18;/h13H,6-12H2,1-5H3,(H,16,17);1H. The van der Waals surface area contributed by atoms with E-state index in [-0.39, 0.29) is 24.0 Å². The Morgan fingerprint density at radius 1 is 1.40 bits per heavy atom. The van der Waals surface area contributed by atoms with Gasteiger partial charge in [0.25, 0.3) is 0 Å². The zero-order chi connectivity index (χ0) is 14.3. The summed E-state index contributed by atoms with van der Waals surface area (Å²) in [6, 6.07) is 0. The van der Waals surface area contributed by atoms with Gasteiger partial charge in [0, 0.05) is 39.9 Å². The second-order valence-corrected chi connectivity index (χ2v) is 6.63. The van der Waals surface area contributed by atoms with Gasteiger partial charge in [-0.05, 0) is 24.2 Å². The number of nitrogens with one attached hydrogen (secondary N) is 1. The average molecular weight is 397 g/mol. The fourth-order valence-electron chi connectivity index (χ4n) is 2.32. The largest absolute Gasteiger partial charge is 0.381 e. The molecule has 0 amide bonds. The highest BCUT2D eigenvalue weighted by molar-refractivity contribution is 14.0. The number of nitrogens with zero attached hydrogens (tertiary/aromatic N) is 2. The Labute approximate surface area is 141 Å². The van der Waals surface area contributed by atoms with Crippen LogP contribution in [-0.4, -0.2) is 50.8 Å². The van der Waals surface area contributed by atoms with E-state index in [0.717, 1.165) is 45.2 Å². The van der Waals surface area contributed by atoms with Gasteiger partial charge in [0.15, 0.2) is 5.96 Å². The zero-order valence-corrected chi connectivity index (χ0v) is 16.1. The fourth-order valence-corrected chi connectivity index (χ4v) is 2.32. The highest BCUT2D eigenvalue weighted by atomic mass is 127. The van der Waals surface area contributed by atoms with Crippen molar-refractivity contribution in [3.05, 3.63) is 0 Å². The highest BCUT2D eigenvalue weighted by Gasteiger charge is 2.30. The minimum atomic E-state index is 0. The van der Waals surface area contributed by atoms with Crippen LogP contribution in [0.25, 0.3) is 0 Å². The van der Waals surface area contributed by atoms with Crippen LogP contribution in [0, 0.1) is 11.3 Å². The lowest BCUT2D eigenvalue weighted by Crippen LogP contribution is -2.41. The lowest BCUT2D eigenvalue weighted by Gasteiger charge is -2.23. The summed E-state index contributed by atoms with van der Waals surface area (Å²) in [6.07, 6.45) is 2.27. The van der Waals surface area contributed by atoms with E-state index in [2.05, 4.69) is 42.9 Å². The molecule has 5 heteroatoms. The van der Waals surface area contributed by atoms with E-state index in [9.17, 15) is 0 Å². The third kappa shape index (κ3) is 7.67. The van der Waals surface area contributed by atoms with Gasteiger partial charge in [-0.3, -0.25) is 4.99 Å². The molecule has 1 fully saturated rings. The number of halogens is 1. The molecule has 4 nitrogen and oxygen atoms in total. The Hall–Kier alpha value is -0.0400. The highest BCUT2D eigenvalue weighted by Crippen LogP contribution is 2.28. The molecule has 0 aromatic rings. The van der Waals surface area contributed by atoms with E-state index >= 15 is 0 Å². The van der Waals surface area contributed by atoms with Gasteiger partial charge in [-0.25, -0.2) is 0 Å². The second-order valence-electron chi connectivity index (χ2n) is 6.63. The summed E-state index contributed by atoms with van der Waals surface area (Å²) in [4.78, 5) is 6.73. The van der Waals surface area contributed by atoms with Gasteiger partial charge >= 0.3 is 0 Å². The number of guanidine groups is 1. The maximum Gasteiger partial charge on any atom is 0.193 e. The molecule has 0 radical (unpaired) electrons. The molecule has 120 valence electrons. The summed E-state index contributed by atoms with van der Waals surface area (Å²) in [5.41, 5.74) is 0.415. The van der Waals surface area contributed by atoms with Crippen LogP contribution in [0.2, 0.25) is 0 Å². The van der Waals surface area contributed by atoms with Crippen molar-refractivity contribution in [3.63, 3.8) is 0 Å². The minimum absolute atomic E-state index is 0. The van der Waals surface area contributed by atoms with Crippen molar-refractivity contribution < 1.29 is 4.74 Å². The van der Waals surface area contributed by atoms with Crippen molar-refractivity contribution in [2.45, 2.75) is 40.5 Å². The van der Waals surface area contributed by atoms with Crippen LogP contribution >= 0.6 is 24.0 Å². The molecule has 1 rings (SSSR count). The van der Waals surface area contributed by atoms with E-state index < -0.39 is 0 Å². The van der Waals surface area contributed by atoms with Crippen LogP contribution < -0.4 is 5.32 Å². The number of hydrogen-bond donors (Lipinski definition) is 1. The van der Waals surface area contributed by atoms with Crippen molar-refractivity contribution in [2.24, 2.45) is 16.3 Å². The SMILES string of the molecule is CN=C(NCCCOCC(C)C)N1CCC(C)(C)C1.I. The van der Waals surface area contributed by atoms with E-state index in [1.165, 1.54) is 6.42 Å². The Morgan fingerprint density at radius 3 is 2.60 bits per heavy atom. The van der Waals surface area contributed by atoms with Crippen molar-refractivity contribution in [1.29, 1.82) is 0 Å². The average Bonchev–Trinajstić information content (AvgIpc) is 2.68. The van der Waals surface area contributed by atoms with Gasteiger partial charge in [-0.2, -0.15) is 0 Å². The molecule has 1 aliphatic rings. The Bertz CT molecular complexity index is 293. The van der Waals surface area contributed by atoms with Crippen LogP contribution in [-0.2, 0) is 4.74 Å². The Balaban J connectivity index is 0.00000361. The zero-order valence-electron chi connectivity index (χ0n) is 13.7. The summed E-state index contributed by atoms with van der Waals surface area (Å²) in [5, 5.41) is 3.43. The maximum atomic E-state index is 5.58. The van der Waals surface area contributed by atoms with Crippen molar-refractivity contribution in [3.8, 4) is 0 Å². The molecule has 0 aromatic heterocycles. The monoisotopic (exact) mass is 397 g/mol. The molecular formula is C15H32IN3O. The molecule has 1 heterocycles. The molecule has 0 spiro atoms. The second kappa shape index (κ2) is 9.82. The van der Waals surface area contributed by atoms with Crippen molar-refractivity contribution >= 4 is 29.9 Å². The van der Waals surface area contributed by atoms with Crippen LogP contribution in [0.3, 0.4) is 0 Å². The van der Waals surface area contributed by atoms with Gasteiger partial charge in [0.05, 0.1) is 0 Å². The first-order valence-electron chi connectivity index (χ1n) is 7.48. The lowest BCUT2D eigenvalue weighted by atomic mass is 9.93. The first-order chi connectivity index (χ1) is 8.94. The molecule has 0 aromatic carbocycles. The third-order valence-corrected chi connectivity index (χ3v) is 3.39. The lowest BCUT2D eigenvalue weighted by molar-refractivity contribution is 0.108. The van der Waals surface area contributed by atoms with E-state index in [4.69, 9.17) is 4.74 Å². The van der Waals surface area contributed by atoms with E-state index in [1.54, 1.807) is 0 Å².